The number of piperidine rings is 1. The third kappa shape index (κ3) is 4.73. The van der Waals surface area contributed by atoms with Crippen molar-refractivity contribution in [1.82, 2.24) is 4.90 Å². The molecule has 1 aliphatic heterocycles. The van der Waals surface area contributed by atoms with E-state index in [0.717, 1.165) is 31.4 Å². The highest BCUT2D eigenvalue weighted by atomic mass is 35.5. The van der Waals surface area contributed by atoms with E-state index in [-0.39, 0.29) is 18.4 Å². The molecule has 1 amide bonds. The quantitative estimate of drug-likeness (QED) is 0.804. The summed E-state index contributed by atoms with van der Waals surface area (Å²) in [4.78, 5) is 24.9. The molecule has 22 heavy (non-hydrogen) atoms. The molecule has 0 spiro atoms. The monoisotopic (exact) mass is 323 g/mol. The highest BCUT2D eigenvalue weighted by Gasteiger charge is 2.27. The van der Waals surface area contributed by atoms with Gasteiger partial charge < -0.3 is 10.0 Å². The minimum absolute atomic E-state index is 0.0967. The second kappa shape index (κ2) is 8.18. The fraction of sp³-hybridized carbons (Fsp3) is 0.529. The summed E-state index contributed by atoms with van der Waals surface area (Å²) in [6.45, 7) is 0.773. The number of nitrogens with zero attached hydrogens (tertiary/aromatic N) is 1. The molecule has 0 saturated carbocycles. The Balaban J connectivity index is 1.97. The van der Waals surface area contributed by atoms with Gasteiger partial charge in [-0.2, -0.15) is 0 Å². The van der Waals surface area contributed by atoms with Crippen molar-refractivity contribution in [3.8, 4) is 0 Å². The van der Waals surface area contributed by atoms with Crippen LogP contribution in [0, 0.1) is 0 Å². The molecule has 0 radical (unpaired) electrons. The minimum atomic E-state index is -0.803. The first-order valence-electron chi connectivity index (χ1n) is 7.84. The molecule has 1 fully saturated rings. The minimum Gasteiger partial charge on any atom is -0.481 e. The van der Waals surface area contributed by atoms with Gasteiger partial charge in [-0.1, -0.05) is 23.7 Å². The van der Waals surface area contributed by atoms with Crippen LogP contribution in [-0.2, 0) is 9.59 Å². The van der Waals surface area contributed by atoms with Crippen LogP contribution in [0.4, 0.5) is 0 Å². The molecule has 1 atom stereocenters. The Morgan fingerprint density at radius 1 is 1.23 bits per heavy atom. The second-order valence-electron chi connectivity index (χ2n) is 5.75. The van der Waals surface area contributed by atoms with Gasteiger partial charge in [0.1, 0.15) is 0 Å². The third-order valence-electron chi connectivity index (χ3n) is 4.09. The van der Waals surface area contributed by atoms with Crippen LogP contribution < -0.4 is 0 Å². The topological polar surface area (TPSA) is 57.6 Å². The van der Waals surface area contributed by atoms with Gasteiger partial charge in [0.2, 0.25) is 5.91 Å². The van der Waals surface area contributed by atoms with E-state index >= 15 is 0 Å². The van der Waals surface area contributed by atoms with E-state index in [9.17, 15) is 9.59 Å². The number of carbonyl (C=O) groups is 2. The summed E-state index contributed by atoms with van der Waals surface area (Å²) in [5.74, 6) is -0.683. The van der Waals surface area contributed by atoms with Crippen molar-refractivity contribution in [2.75, 3.05) is 6.54 Å². The molecule has 5 heteroatoms. The lowest BCUT2D eigenvalue weighted by molar-refractivity contribution is -0.138. The maximum Gasteiger partial charge on any atom is 0.303 e. The van der Waals surface area contributed by atoms with Gasteiger partial charge in [-0.15, -0.1) is 0 Å². The summed E-state index contributed by atoms with van der Waals surface area (Å²) in [6, 6.07) is 7.81. The number of rotatable bonds is 6. The van der Waals surface area contributed by atoms with Crippen LogP contribution in [0.2, 0.25) is 5.02 Å². The Labute approximate surface area is 136 Å². The smallest absolute Gasteiger partial charge is 0.303 e. The van der Waals surface area contributed by atoms with E-state index in [1.165, 1.54) is 0 Å². The maximum absolute atomic E-state index is 12.5. The van der Waals surface area contributed by atoms with Gasteiger partial charge >= 0.3 is 5.97 Å². The summed E-state index contributed by atoms with van der Waals surface area (Å²) >= 11 is 6.06. The van der Waals surface area contributed by atoms with Gasteiger partial charge in [0.05, 0.1) is 6.04 Å². The van der Waals surface area contributed by atoms with Gasteiger partial charge in [-0.25, -0.2) is 0 Å². The van der Waals surface area contributed by atoms with Gasteiger partial charge in [0.15, 0.2) is 0 Å². The first kappa shape index (κ1) is 16.8. The van der Waals surface area contributed by atoms with Crippen LogP contribution in [-0.4, -0.2) is 28.4 Å². The van der Waals surface area contributed by atoms with Crippen LogP contribution >= 0.6 is 11.6 Å². The molecule has 1 aromatic rings. The number of halogens is 1. The van der Waals surface area contributed by atoms with E-state index in [2.05, 4.69) is 0 Å². The van der Waals surface area contributed by atoms with Crippen molar-refractivity contribution in [1.29, 1.82) is 0 Å². The van der Waals surface area contributed by atoms with Crippen LogP contribution in [0.3, 0.4) is 0 Å². The number of unbranched alkanes of at least 4 members (excludes halogenated alkanes) is 1. The zero-order valence-electron chi connectivity index (χ0n) is 12.6. The Morgan fingerprint density at radius 2 is 2.00 bits per heavy atom. The molecule has 0 aromatic heterocycles. The summed E-state index contributed by atoms with van der Waals surface area (Å²) in [6.07, 6.45) is 4.83. The number of benzene rings is 1. The number of carboxylic acids is 1. The van der Waals surface area contributed by atoms with Crippen molar-refractivity contribution in [3.05, 3.63) is 34.9 Å². The van der Waals surface area contributed by atoms with Gasteiger partial charge in [-0.3, -0.25) is 9.59 Å². The molecule has 4 nitrogen and oxygen atoms in total. The van der Waals surface area contributed by atoms with Gasteiger partial charge in [-0.05, 0) is 49.8 Å². The number of aliphatic carboxylic acids is 1. The lowest BCUT2D eigenvalue weighted by Gasteiger charge is -2.36. The predicted molar refractivity (Wildman–Crippen MR) is 85.9 cm³/mol. The number of hydrogen-bond acceptors (Lipinski definition) is 2. The molecule has 0 bridgehead atoms. The molecule has 0 aliphatic carbocycles. The lowest BCUT2D eigenvalue weighted by Crippen LogP contribution is -2.38. The highest BCUT2D eigenvalue weighted by Crippen LogP contribution is 2.32. The van der Waals surface area contributed by atoms with Crippen molar-refractivity contribution in [2.45, 2.75) is 51.0 Å². The van der Waals surface area contributed by atoms with Crippen molar-refractivity contribution in [3.63, 3.8) is 0 Å². The Kier molecular flexibility index (Phi) is 6.25. The van der Waals surface area contributed by atoms with Gasteiger partial charge in [0, 0.05) is 24.4 Å². The first-order chi connectivity index (χ1) is 10.6. The molecule has 1 heterocycles. The fourth-order valence-corrected chi connectivity index (χ4v) is 3.19. The molecular formula is C17H22ClNO3. The fourth-order valence-electron chi connectivity index (χ4n) is 2.99. The molecular weight excluding hydrogens is 302 g/mol. The normalized spacial score (nSPS) is 18.2. The summed E-state index contributed by atoms with van der Waals surface area (Å²) < 4.78 is 0. The summed E-state index contributed by atoms with van der Waals surface area (Å²) in [7, 11) is 0. The maximum atomic E-state index is 12.5. The lowest BCUT2D eigenvalue weighted by atomic mass is 9.94. The molecule has 1 saturated heterocycles. The Hall–Kier alpha value is -1.55. The van der Waals surface area contributed by atoms with Gasteiger partial charge in [0.25, 0.3) is 0 Å². The number of hydrogen-bond donors (Lipinski definition) is 1. The molecule has 2 rings (SSSR count). The Morgan fingerprint density at radius 3 is 2.73 bits per heavy atom. The highest BCUT2D eigenvalue weighted by molar-refractivity contribution is 6.30. The molecule has 1 unspecified atom stereocenters. The van der Waals surface area contributed by atoms with E-state index in [1.54, 1.807) is 0 Å². The van der Waals surface area contributed by atoms with E-state index in [0.29, 0.717) is 24.3 Å². The zero-order valence-corrected chi connectivity index (χ0v) is 13.4. The standard InChI is InChI=1S/C17H22ClNO3/c18-14-7-5-6-13(12-14)15-8-3-4-11-19(15)16(20)9-1-2-10-17(21)22/h5-7,12,15H,1-4,8-11H2,(H,21,22). The number of amides is 1. The largest absolute Gasteiger partial charge is 0.481 e. The SMILES string of the molecule is O=C(O)CCCCC(=O)N1CCCCC1c1cccc(Cl)c1. The van der Waals surface area contributed by atoms with Crippen LogP contribution in [0.1, 0.15) is 56.6 Å². The predicted octanol–water partition coefficient (Wildman–Crippen LogP) is 4.04. The summed E-state index contributed by atoms with van der Waals surface area (Å²) in [5.41, 5.74) is 1.09. The second-order valence-corrected chi connectivity index (χ2v) is 6.19. The molecule has 1 N–H and O–H groups in total. The number of likely N-dealkylation sites (tertiary alicyclic amines) is 1. The van der Waals surface area contributed by atoms with Crippen molar-refractivity contribution in [2.24, 2.45) is 0 Å². The van der Waals surface area contributed by atoms with Crippen molar-refractivity contribution < 1.29 is 14.7 Å². The number of carboxylic acid groups (broad SMARTS) is 1. The van der Waals surface area contributed by atoms with Crippen LogP contribution in [0.5, 0.6) is 0 Å². The summed E-state index contributed by atoms with van der Waals surface area (Å²) in [5, 5.41) is 9.33. The number of carbonyl (C=O) groups excluding carboxylic acids is 1. The first-order valence-corrected chi connectivity index (χ1v) is 8.22. The van der Waals surface area contributed by atoms with Crippen molar-refractivity contribution >= 4 is 23.5 Å². The van der Waals surface area contributed by atoms with E-state index in [1.807, 2.05) is 29.2 Å². The van der Waals surface area contributed by atoms with Crippen LogP contribution in [0.15, 0.2) is 24.3 Å². The Bertz CT molecular complexity index is 532. The zero-order chi connectivity index (χ0) is 15.9. The molecule has 1 aromatic carbocycles. The van der Waals surface area contributed by atoms with E-state index < -0.39 is 5.97 Å². The average molecular weight is 324 g/mol. The molecule has 1 aliphatic rings. The molecule has 120 valence electrons. The third-order valence-corrected chi connectivity index (χ3v) is 4.32. The van der Waals surface area contributed by atoms with Crippen LogP contribution in [0.25, 0.3) is 0 Å². The van der Waals surface area contributed by atoms with E-state index in [4.69, 9.17) is 16.7 Å². The average Bonchev–Trinajstić information content (AvgIpc) is 2.51.